The van der Waals surface area contributed by atoms with E-state index in [-0.39, 0.29) is 5.91 Å². The predicted molar refractivity (Wildman–Crippen MR) is 110 cm³/mol. The van der Waals surface area contributed by atoms with Crippen molar-refractivity contribution in [1.29, 1.82) is 0 Å². The predicted octanol–water partition coefficient (Wildman–Crippen LogP) is 3.03. The highest BCUT2D eigenvalue weighted by Crippen LogP contribution is 2.22. The lowest BCUT2D eigenvalue weighted by atomic mass is 10.1. The summed E-state index contributed by atoms with van der Waals surface area (Å²) in [4.78, 5) is 19.1. The minimum Gasteiger partial charge on any atom is -0.496 e. The molecule has 5 nitrogen and oxygen atoms in total. The van der Waals surface area contributed by atoms with E-state index >= 15 is 0 Å². The van der Waals surface area contributed by atoms with Crippen molar-refractivity contribution in [2.75, 3.05) is 52.3 Å². The SMILES string of the molecule is COc1ccc(C)cc1CN1CCN(C(=O)c2ccc(N(C)C)cc2)CC1. The summed E-state index contributed by atoms with van der Waals surface area (Å²) >= 11 is 0. The summed E-state index contributed by atoms with van der Waals surface area (Å²) in [5.74, 6) is 1.05. The first-order valence-corrected chi connectivity index (χ1v) is 9.40. The van der Waals surface area contributed by atoms with Crippen molar-refractivity contribution in [2.24, 2.45) is 0 Å². The summed E-state index contributed by atoms with van der Waals surface area (Å²) in [5, 5.41) is 0. The standard InChI is InChI=1S/C22H29N3O2/c1-17-5-10-21(27-4)19(15-17)16-24-11-13-25(14-12-24)22(26)18-6-8-20(9-7-18)23(2)3/h5-10,15H,11-14,16H2,1-4H3. The molecular formula is C22H29N3O2. The molecule has 0 radical (unpaired) electrons. The molecule has 0 aromatic heterocycles. The van der Waals surface area contributed by atoms with E-state index in [0.717, 1.165) is 49.7 Å². The number of carbonyl (C=O) groups is 1. The Balaban J connectivity index is 1.58. The number of benzene rings is 2. The highest BCUT2D eigenvalue weighted by molar-refractivity contribution is 5.94. The maximum atomic E-state index is 12.8. The first-order valence-electron chi connectivity index (χ1n) is 9.40. The van der Waals surface area contributed by atoms with Gasteiger partial charge < -0.3 is 14.5 Å². The number of hydrogen-bond acceptors (Lipinski definition) is 4. The molecule has 2 aromatic carbocycles. The summed E-state index contributed by atoms with van der Waals surface area (Å²) in [6.07, 6.45) is 0. The van der Waals surface area contributed by atoms with Crippen LogP contribution in [0.1, 0.15) is 21.5 Å². The third-order valence-corrected chi connectivity index (χ3v) is 5.12. The molecule has 1 saturated heterocycles. The number of aryl methyl sites for hydroxylation is 1. The van der Waals surface area contributed by atoms with Crippen LogP contribution in [0.2, 0.25) is 0 Å². The summed E-state index contributed by atoms with van der Waals surface area (Å²) in [5.41, 5.74) is 4.30. The van der Waals surface area contributed by atoms with Crippen LogP contribution in [0, 0.1) is 6.92 Å². The Labute approximate surface area is 162 Å². The number of methoxy groups -OCH3 is 1. The van der Waals surface area contributed by atoms with Crippen LogP contribution in [0.25, 0.3) is 0 Å². The van der Waals surface area contributed by atoms with Gasteiger partial charge in [-0.1, -0.05) is 17.7 Å². The molecular weight excluding hydrogens is 338 g/mol. The van der Waals surface area contributed by atoms with Gasteiger partial charge in [0.05, 0.1) is 7.11 Å². The Morgan fingerprint density at radius 2 is 1.70 bits per heavy atom. The number of anilines is 1. The van der Waals surface area contributed by atoms with E-state index in [0.29, 0.717) is 0 Å². The lowest BCUT2D eigenvalue weighted by Gasteiger charge is -2.35. The van der Waals surface area contributed by atoms with Crippen molar-refractivity contribution in [3.05, 3.63) is 59.2 Å². The summed E-state index contributed by atoms with van der Waals surface area (Å²) in [6.45, 7) is 6.20. The zero-order valence-corrected chi connectivity index (χ0v) is 16.7. The highest BCUT2D eigenvalue weighted by Gasteiger charge is 2.22. The van der Waals surface area contributed by atoms with Crippen LogP contribution in [-0.2, 0) is 6.54 Å². The van der Waals surface area contributed by atoms with Crippen molar-refractivity contribution in [3.8, 4) is 5.75 Å². The van der Waals surface area contributed by atoms with Crippen molar-refractivity contribution in [2.45, 2.75) is 13.5 Å². The Bertz CT molecular complexity index is 779. The van der Waals surface area contributed by atoms with Crippen LogP contribution in [0.4, 0.5) is 5.69 Å². The average Bonchev–Trinajstić information content (AvgIpc) is 2.68. The molecule has 144 valence electrons. The highest BCUT2D eigenvalue weighted by atomic mass is 16.5. The molecule has 0 bridgehead atoms. The van der Waals surface area contributed by atoms with Gasteiger partial charge in [-0.3, -0.25) is 9.69 Å². The monoisotopic (exact) mass is 367 g/mol. The summed E-state index contributed by atoms with van der Waals surface area (Å²) in [6, 6.07) is 14.1. The van der Waals surface area contributed by atoms with E-state index in [1.165, 1.54) is 11.1 Å². The van der Waals surface area contributed by atoms with Gasteiger partial charge in [0.15, 0.2) is 0 Å². The Hall–Kier alpha value is -2.53. The fraction of sp³-hybridized carbons (Fsp3) is 0.409. The minimum atomic E-state index is 0.119. The van der Waals surface area contributed by atoms with Crippen LogP contribution < -0.4 is 9.64 Å². The van der Waals surface area contributed by atoms with Crippen LogP contribution in [0.5, 0.6) is 5.75 Å². The van der Waals surface area contributed by atoms with E-state index in [1.807, 2.05) is 54.2 Å². The third-order valence-electron chi connectivity index (χ3n) is 5.12. The van der Waals surface area contributed by atoms with Gasteiger partial charge in [-0.25, -0.2) is 0 Å². The van der Waals surface area contributed by atoms with Gasteiger partial charge in [-0.15, -0.1) is 0 Å². The fourth-order valence-electron chi connectivity index (χ4n) is 3.47. The molecule has 0 unspecified atom stereocenters. The zero-order chi connectivity index (χ0) is 19.4. The van der Waals surface area contributed by atoms with Crippen LogP contribution in [0.3, 0.4) is 0 Å². The van der Waals surface area contributed by atoms with E-state index < -0.39 is 0 Å². The van der Waals surface area contributed by atoms with Crippen molar-refractivity contribution in [3.63, 3.8) is 0 Å². The Morgan fingerprint density at radius 3 is 2.30 bits per heavy atom. The maximum Gasteiger partial charge on any atom is 0.253 e. The van der Waals surface area contributed by atoms with Crippen molar-refractivity contribution < 1.29 is 9.53 Å². The number of carbonyl (C=O) groups excluding carboxylic acids is 1. The van der Waals surface area contributed by atoms with Gasteiger partial charge in [0.1, 0.15) is 5.75 Å². The average molecular weight is 367 g/mol. The fourth-order valence-corrected chi connectivity index (χ4v) is 3.47. The van der Waals surface area contributed by atoms with Crippen LogP contribution >= 0.6 is 0 Å². The summed E-state index contributed by atoms with van der Waals surface area (Å²) in [7, 11) is 5.71. The quantitative estimate of drug-likeness (QED) is 0.814. The normalized spacial score (nSPS) is 14.9. The molecule has 1 heterocycles. The number of piperazine rings is 1. The molecule has 5 heteroatoms. The van der Waals surface area contributed by atoms with E-state index in [4.69, 9.17) is 4.74 Å². The molecule has 0 atom stereocenters. The van der Waals surface area contributed by atoms with Crippen molar-refractivity contribution >= 4 is 11.6 Å². The lowest BCUT2D eigenvalue weighted by molar-refractivity contribution is 0.0627. The first kappa shape index (κ1) is 19.2. The summed E-state index contributed by atoms with van der Waals surface area (Å²) < 4.78 is 5.49. The maximum absolute atomic E-state index is 12.8. The van der Waals surface area contributed by atoms with E-state index in [1.54, 1.807) is 7.11 Å². The molecule has 0 spiro atoms. The minimum absolute atomic E-state index is 0.119. The topological polar surface area (TPSA) is 36.0 Å². The first-order chi connectivity index (χ1) is 13.0. The number of ether oxygens (including phenoxy) is 1. The molecule has 1 amide bonds. The lowest BCUT2D eigenvalue weighted by Crippen LogP contribution is -2.48. The molecule has 0 aliphatic carbocycles. The second-order valence-corrected chi connectivity index (χ2v) is 7.32. The number of amides is 1. The molecule has 2 aromatic rings. The largest absolute Gasteiger partial charge is 0.496 e. The second-order valence-electron chi connectivity index (χ2n) is 7.32. The Kier molecular flexibility index (Phi) is 6.01. The van der Waals surface area contributed by atoms with E-state index in [9.17, 15) is 4.79 Å². The second kappa shape index (κ2) is 8.44. The zero-order valence-electron chi connectivity index (χ0n) is 16.7. The third kappa shape index (κ3) is 4.61. The molecule has 27 heavy (non-hydrogen) atoms. The molecule has 0 saturated carbocycles. The molecule has 3 rings (SSSR count). The molecule has 1 aliphatic heterocycles. The van der Waals surface area contributed by atoms with E-state index in [2.05, 4.69) is 24.0 Å². The number of rotatable bonds is 5. The van der Waals surface area contributed by atoms with Gasteiger partial charge in [0.25, 0.3) is 5.91 Å². The van der Waals surface area contributed by atoms with Gasteiger partial charge in [-0.05, 0) is 37.3 Å². The van der Waals surface area contributed by atoms with Gasteiger partial charge in [0, 0.05) is 63.6 Å². The van der Waals surface area contributed by atoms with Gasteiger partial charge in [0.2, 0.25) is 0 Å². The number of hydrogen-bond donors (Lipinski definition) is 0. The van der Waals surface area contributed by atoms with Crippen LogP contribution in [0.15, 0.2) is 42.5 Å². The van der Waals surface area contributed by atoms with Crippen molar-refractivity contribution in [1.82, 2.24) is 9.80 Å². The van der Waals surface area contributed by atoms with Gasteiger partial charge in [-0.2, -0.15) is 0 Å². The molecule has 1 aliphatic rings. The molecule has 1 fully saturated rings. The molecule has 0 N–H and O–H groups in total. The number of nitrogens with zero attached hydrogens (tertiary/aromatic N) is 3. The smallest absolute Gasteiger partial charge is 0.253 e. The Morgan fingerprint density at radius 1 is 1.04 bits per heavy atom. The van der Waals surface area contributed by atoms with Crippen LogP contribution in [-0.4, -0.2) is 63.1 Å². The van der Waals surface area contributed by atoms with Gasteiger partial charge >= 0.3 is 0 Å².